The summed E-state index contributed by atoms with van der Waals surface area (Å²) >= 11 is 1.42. The van der Waals surface area contributed by atoms with E-state index in [-0.39, 0.29) is 5.91 Å². The van der Waals surface area contributed by atoms with Crippen LogP contribution in [0.2, 0.25) is 0 Å². The number of aryl methyl sites for hydroxylation is 1. The van der Waals surface area contributed by atoms with E-state index in [2.05, 4.69) is 5.32 Å². The van der Waals surface area contributed by atoms with Gasteiger partial charge >= 0.3 is 0 Å². The molecule has 0 aliphatic heterocycles. The molecule has 0 aromatic carbocycles. The lowest BCUT2D eigenvalue weighted by molar-refractivity contribution is 0.0712. The Labute approximate surface area is 94.1 Å². The standard InChI is InChI=1S/C11H17NO2S/c1-7-5-6-15-9(7)10(14)12-11(3,4)8(2)13/h5-6,8,13H,1-4H3,(H,12,14). The highest BCUT2D eigenvalue weighted by molar-refractivity contribution is 7.12. The van der Waals surface area contributed by atoms with Crippen LogP contribution in [0.1, 0.15) is 36.0 Å². The summed E-state index contributed by atoms with van der Waals surface area (Å²) in [6.45, 7) is 7.18. The average Bonchev–Trinajstić information content (AvgIpc) is 2.50. The summed E-state index contributed by atoms with van der Waals surface area (Å²) in [6, 6.07) is 1.91. The van der Waals surface area contributed by atoms with E-state index < -0.39 is 11.6 Å². The van der Waals surface area contributed by atoms with Crippen molar-refractivity contribution in [3.05, 3.63) is 21.9 Å². The third-order valence-electron chi connectivity index (χ3n) is 2.55. The van der Waals surface area contributed by atoms with Crippen molar-refractivity contribution in [1.29, 1.82) is 0 Å². The molecule has 0 aliphatic carbocycles. The molecule has 0 aliphatic rings. The van der Waals surface area contributed by atoms with Crippen molar-refractivity contribution in [3.63, 3.8) is 0 Å². The lowest BCUT2D eigenvalue weighted by Gasteiger charge is -2.29. The third-order valence-corrected chi connectivity index (χ3v) is 3.56. The summed E-state index contributed by atoms with van der Waals surface area (Å²) in [5, 5.41) is 14.2. The van der Waals surface area contributed by atoms with Crippen LogP contribution in [0.4, 0.5) is 0 Å². The molecule has 1 aromatic rings. The van der Waals surface area contributed by atoms with Crippen molar-refractivity contribution in [2.45, 2.75) is 39.3 Å². The van der Waals surface area contributed by atoms with Crippen LogP contribution in [0, 0.1) is 6.92 Å². The summed E-state index contributed by atoms with van der Waals surface area (Å²) in [5.41, 5.74) is 0.368. The molecule has 0 spiro atoms. The van der Waals surface area contributed by atoms with E-state index in [1.165, 1.54) is 11.3 Å². The Morgan fingerprint density at radius 2 is 2.20 bits per heavy atom. The van der Waals surface area contributed by atoms with Crippen LogP contribution in [0.25, 0.3) is 0 Å². The van der Waals surface area contributed by atoms with Gasteiger partial charge in [0.15, 0.2) is 0 Å². The molecular formula is C11H17NO2S. The first-order valence-corrected chi connectivity index (χ1v) is 5.77. The molecule has 0 radical (unpaired) electrons. The van der Waals surface area contributed by atoms with Gasteiger partial charge in [-0.2, -0.15) is 0 Å². The van der Waals surface area contributed by atoms with Gasteiger partial charge in [0.1, 0.15) is 0 Å². The fourth-order valence-electron chi connectivity index (χ4n) is 1.06. The molecular weight excluding hydrogens is 210 g/mol. The summed E-state index contributed by atoms with van der Waals surface area (Å²) < 4.78 is 0. The van der Waals surface area contributed by atoms with Crippen LogP contribution < -0.4 is 5.32 Å². The van der Waals surface area contributed by atoms with Crippen molar-refractivity contribution < 1.29 is 9.90 Å². The average molecular weight is 227 g/mol. The van der Waals surface area contributed by atoms with Crippen LogP contribution >= 0.6 is 11.3 Å². The highest BCUT2D eigenvalue weighted by atomic mass is 32.1. The zero-order valence-corrected chi connectivity index (χ0v) is 10.3. The number of aliphatic hydroxyl groups is 1. The maximum atomic E-state index is 11.8. The first-order valence-electron chi connectivity index (χ1n) is 4.89. The van der Waals surface area contributed by atoms with Crippen molar-refractivity contribution in [2.75, 3.05) is 0 Å². The third kappa shape index (κ3) is 2.79. The van der Waals surface area contributed by atoms with Gasteiger partial charge in [0.25, 0.3) is 5.91 Å². The molecule has 84 valence electrons. The van der Waals surface area contributed by atoms with Crippen molar-refractivity contribution in [1.82, 2.24) is 5.32 Å². The second-order valence-corrected chi connectivity index (χ2v) is 5.20. The maximum Gasteiger partial charge on any atom is 0.262 e. The SMILES string of the molecule is Cc1ccsc1C(=O)NC(C)(C)C(C)O. The molecule has 1 heterocycles. The van der Waals surface area contributed by atoms with E-state index in [4.69, 9.17) is 0 Å². The minimum Gasteiger partial charge on any atom is -0.391 e. The van der Waals surface area contributed by atoms with Gasteiger partial charge in [0, 0.05) is 0 Å². The fraction of sp³-hybridized carbons (Fsp3) is 0.545. The number of thiophene rings is 1. The predicted molar refractivity (Wildman–Crippen MR) is 62.3 cm³/mol. The monoisotopic (exact) mass is 227 g/mol. The van der Waals surface area contributed by atoms with Gasteiger partial charge in [-0.25, -0.2) is 0 Å². The Bertz CT molecular complexity index is 355. The van der Waals surface area contributed by atoms with Gasteiger partial charge in [0.05, 0.1) is 16.5 Å². The number of amides is 1. The molecule has 3 nitrogen and oxygen atoms in total. The van der Waals surface area contributed by atoms with Crippen LogP contribution in [0.3, 0.4) is 0 Å². The van der Waals surface area contributed by atoms with E-state index in [0.717, 1.165) is 5.56 Å². The smallest absolute Gasteiger partial charge is 0.262 e. The molecule has 1 amide bonds. The lowest BCUT2D eigenvalue weighted by atomic mass is 9.98. The Morgan fingerprint density at radius 3 is 2.60 bits per heavy atom. The molecule has 0 saturated heterocycles. The van der Waals surface area contributed by atoms with Gasteiger partial charge in [-0.1, -0.05) is 0 Å². The van der Waals surface area contributed by atoms with Gasteiger partial charge in [0.2, 0.25) is 0 Å². The number of aliphatic hydroxyl groups excluding tert-OH is 1. The van der Waals surface area contributed by atoms with E-state index in [1.54, 1.807) is 20.8 Å². The van der Waals surface area contributed by atoms with Gasteiger partial charge in [-0.15, -0.1) is 11.3 Å². The Hall–Kier alpha value is -0.870. The number of carbonyl (C=O) groups is 1. The van der Waals surface area contributed by atoms with Crippen molar-refractivity contribution >= 4 is 17.2 Å². The first kappa shape index (κ1) is 12.2. The molecule has 1 rings (SSSR count). The quantitative estimate of drug-likeness (QED) is 0.829. The highest BCUT2D eigenvalue weighted by Crippen LogP contribution is 2.17. The van der Waals surface area contributed by atoms with E-state index in [0.29, 0.717) is 4.88 Å². The van der Waals surface area contributed by atoms with Crippen molar-refractivity contribution in [2.24, 2.45) is 0 Å². The summed E-state index contributed by atoms with van der Waals surface area (Å²) in [5.74, 6) is -0.117. The molecule has 0 bridgehead atoms. The van der Waals surface area contributed by atoms with E-state index >= 15 is 0 Å². The van der Waals surface area contributed by atoms with Crippen molar-refractivity contribution in [3.8, 4) is 0 Å². The molecule has 0 saturated carbocycles. The minimum absolute atomic E-state index is 0.117. The summed E-state index contributed by atoms with van der Waals surface area (Å²) in [4.78, 5) is 12.5. The minimum atomic E-state index is -0.604. The maximum absolute atomic E-state index is 11.8. The Balaban J connectivity index is 2.77. The second kappa shape index (κ2) is 4.33. The van der Waals surface area contributed by atoms with Crippen LogP contribution in [0.15, 0.2) is 11.4 Å². The molecule has 0 fully saturated rings. The summed E-state index contributed by atoms with van der Waals surface area (Å²) in [6.07, 6.45) is -0.582. The second-order valence-electron chi connectivity index (χ2n) is 4.28. The van der Waals surface area contributed by atoms with Gasteiger partial charge in [-0.3, -0.25) is 4.79 Å². The van der Waals surface area contributed by atoms with Crippen LogP contribution in [-0.2, 0) is 0 Å². The largest absolute Gasteiger partial charge is 0.391 e. The Kier molecular flexibility index (Phi) is 3.52. The molecule has 1 unspecified atom stereocenters. The molecule has 2 N–H and O–H groups in total. The van der Waals surface area contributed by atoms with E-state index in [9.17, 15) is 9.90 Å². The number of nitrogens with one attached hydrogen (secondary N) is 1. The molecule has 1 aromatic heterocycles. The topological polar surface area (TPSA) is 49.3 Å². The first-order chi connectivity index (χ1) is 6.84. The zero-order chi connectivity index (χ0) is 11.6. The zero-order valence-electron chi connectivity index (χ0n) is 9.50. The van der Waals surface area contributed by atoms with E-state index in [1.807, 2.05) is 18.4 Å². The van der Waals surface area contributed by atoms with Crippen LogP contribution in [-0.4, -0.2) is 22.7 Å². The predicted octanol–water partition coefficient (Wildman–Crippen LogP) is 1.95. The highest BCUT2D eigenvalue weighted by Gasteiger charge is 2.27. The molecule has 15 heavy (non-hydrogen) atoms. The Morgan fingerprint density at radius 1 is 1.60 bits per heavy atom. The lowest BCUT2D eigenvalue weighted by Crippen LogP contribution is -2.50. The number of hydrogen-bond acceptors (Lipinski definition) is 3. The molecule has 4 heteroatoms. The summed E-state index contributed by atoms with van der Waals surface area (Å²) in [7, 11) is 0. The fourth-order valence-corrected chi connectivity index (χ4v) is 1.88. The molecule has 1 atom stereocenters. The number of rotatable bonds is 3. The van der Waals surface area contributed by atoms with Gasteiger partial charge in [-0.05, 0) is 44.7 Å². The number of hydrogen-bond donors (Lipinski definition) is 2. The van der Waals surface area contributed by atoms with Crippen LogP contribution in [0.5, 0.6) is 0 Å². The van der Waals surface area contributed by atoms with Gasteiger partial charge < -0.3 is 10.4 Å². The normalized spacial score (nSPS) is 13.7. The number of carbonyl (C=O) groups excluding carboxylic acids is 1.